The first-order chi connectivity index (χ1) is 13.2. The van der Waals surface area contributed by atoms with Crippen molar-refractivity contribution in [3.05, 3.63) is 64.7 Å². The lowest BCUT2D eigenvalue weighted by Gasteiger charge is -2.34. The highest BCUT2D eigenvalue weighted by Gasteiger charge is 2.31. The number of piperazine rings is 1. The Morgan fingerprint density at radius 2 is 1.57 bits per heavy atom. The van der Waals surface area contributed by atoms with Crippen LogP contribution in [0.3, 0.4) is 0 Å². The van der Waals surface area contributed by atoms with Gasteiger partial charge in [-0.3, -0.25) is 9.59 Å². The fourth-order valence-corrected chi connectivity index (χ4v) is 4.78. The summed E-state index contributed by atoms with van der Waals surface area (Å²) < 4.78 is 27.2. The largest absolute Gasteiger partial charge is 0.336 e. The third-order valence-electron chi connectivity index (χ3n) is 5.24. The Labute approximate surface area is 165 Å². The third-order valence-corrected chi connectivity index (χ3v) is 7.13. The summed E-state index contributed by atoms with van der Waals surface area (Å²) in [6.07, 6.45) is 0. The van der Waals surface area contributed by atoms with Gasteiger partial charge in [-0.05, 0) is 50.1 Å². The summed E-state index contributed by atoms with van der Waals surface area (Å²) in [6.45, 7) is 6.41. The average Bonchev–Trinajstić information content (AvgIpc) is 2.69. The van der Waals surface area contributed by atoms with E-state index in [4.69, 9.17) is 0 Å². The van der Waals surface area contributed by atoms with E-state index >= 15 is 0 Å². The first kappa shape index (κ1) is 20.2. The summed E-state index contributed by atoms with van der Waals surface area (Å²) in [5.74, 6) is -0.252. The molecule has 1 saturated heterocycles. The van der Waals surface area contributed by atoms with Crippen LogP contribution in [0.25, 0.3) is 0 Å². The van der Waals surface area contributed by atoms with Crippen LogP contribution in [0.4, 0.5) is 0 Å². The van der Waals surface area contributed by atoms with E-state index in [1.54, 1.807) is 23.1 Å². The molecule has 28 heavy (non-hydrogen) atoms. The van der Waals surface area contributed by atoms with E-state index in [0.717, 1.165) is 11.1 Å². The first-order valence-corrected chi connectivity index (χ1v) is 10.6. The molecule has 0 bridgehead atoms. The number of rotatable bonds is 4. The van der Waals surface area contributed by atoms with Gasteiger partial charge in [0.25, 0.3) is 5.91 Å². The SMILES string of the molecule is CC(=O)c1cccc(S(=O)(=O)N2CCN(C(=O)c3cccc(C)c3C)CC2)c1. The van der Waals surface area contributed by atoms with E-state index in [1.807, 2.05) is 26.0 Å². The molecule has 0 atom stereocenters. The fraction of sp³-hybridized carbons (Fsp3) is 0.333. The van der Waals surface area contributed by atoms with Crippen LogP contribution in [0.2, 0.25) is 0 Å². The van der Waals surface area contributed by atoms with Crippen LogP contribution in [-0.4, -0.2) is 55.5 Å². The van der Waals surface area contributed by atoms with Crippen molar-refractivity contribution in [2.24, 2.45) is 0 Å². The van der Waals surface area contributed by atoms with E-state index in [-0.39, 0.29) is 29.7 Å². The van der Waals surface area contributed by atoms with Crippen molar-refractivity contribution in [2.45, 2.75) is 25.7 Å². The number of amides is 1. The molecule has 1 aliphatic heterocycles. The van der Waals surface area contributed by atoms with Gasteiger partial charge in [0.05, 0.1) is 4.90 Å². The zero-order valence-electron chi connectivity index (χ0n) is 16.3. The maximum absolute atomic E-state index is 12.9. The predicted octanol–water partition coefficient (Wildman–Crippen LogP) is 2.65. The lowest BCUT2D eigenvalue weighted by atomic mass is 10.0. The first-order valence-electron chi connectivity index (χ1n) is 9.18. The molecular weight excluding hydrogens is 376 g/mol. The van der Waals surface area contributed by atoms with Crippen LogP contribution >= 0.6 is 0 Å². The van der Waals surface area contributed by atoms with Gasteiger partial charge in [-0.2, -0.15) is 4.31 Å². The van der Waals surface area contributed by atoms with Crippen molar-refractivity contribution >= 4 is 21.7 Å². The lowest BCUT2D eigenvalue weighted by Crippen LogP contribution is -2.50. The van der Waals surface area contributed by atoms with E-state index < -0.39 is 10.0 Å². The van der Waals surface area contributed by atoms with E-state index in [0.29, 0.717) is 24.2 Å². The molecule has 0 saturated carbocycles. The lowest BCUT2D eigenvalue weighted by molar-refractivity contribution is 0.0697. The molecule has 7 heteroatoms. The number of hydrogen-bond acceptors (Lipinski definition) is 4. The van der Waals surface area contributed by atoms with E-state index in [9.17, 15) is 18.0 Å². The smallest absolute Gasteiger partial charge is 0.254 e. The van der Waals surface area contributed by atoms with Gasteiger partial charge in [0, 0.05) is 37.3 Å². The molecule has 6 nitrogen and oxygen atoms in total. The van der Waals surface area contributed by atoms with Crippen molar-refractivity contribution < 1.29 is 18.0 Å². The van der Waals surface area contributed by atoms with Gasteiger partial charge in [0.2, 0.25) is 10.0 Å². The quantitative estimate of drug-likeness (QED) is 0.740. The highest BCUT2D eigenvalue weighted by atomic mass is 32.2. The van der Waals surface area contributed by atoms with Crippen LogP contribution in [0.15, 0.2) is 47.4 Å². The molecule has 1 amide bonds. The Balaban J connectivity index is 1.74. The van der Waals surface area contributed by atoms with Crippen molar-refractivity contribution in [1.29, 1.82) is 0 Å². The van der Waals surface area contributed by atoms with Crippen molar-refractivity contribution in [1.82, 2.24) is 9.21 Å². The van der Waals surface area contributed by atoms with Crippen LogP contribution in [0.1, 0.15) is 38.8 Å². The number of carbonyl (C=O) groups excluding carboxylic acids is 2. The normalized spacial score (nSPS) is 15.5. The molecule has 0 N–H and O–H groups in total. The molecule has 0 spiro atoms. The van der Waals surface area contributed by atoms with Gasteiger partial charge >= 0.3 is 0 Å². The molecule has 0 unspecified atom stereocenters. The standard InChI is InChI=1S/C21H24N2O4S/c1-15-6-4-9-20(16(15)2)21(25)22-10-12-23(13-11-22)28(26,27)19-8-5-7-18(14-19)17(3)24/h4-9,14H,10-13H2,1-3H3. The maximum atomic E-state index is 12.9. The number of aryl methyl sites for hydroxylation is 1. The number of nitrogens with zero attached hydrogens (tertiary/aromatic N) is 2. The fourth-order valence-electron chi connectivity index (χ4n) is 3.31. The summed E-state index contributed by atoms with van der Waals surface area (Å²) in [4.78, 5) is 26.2. The minimum absolute atomic E-state index is 0.0724. The van der Waals surface area contributed by atoms with Gasteiger partial charge in [-0.1, -0.05) is 24.3 Å². The second kappa shape index (κ2) is 7.85. The highest BCUT2D eigenvalue weighted by Crippen LogP contribution is 2.21. The molecule has 0 radical (unpaired) electrons. The maximum Gasteiger partial charge on any atom is 0.254 e. The minimum Gasteiger partial charge on any atom is -0.336 e. The van der Waals surface area contributed by atoms with E-state index in [1.165, 1.54) is 23.4 Å². The Morgan fingerprint density at radius 3 is 2.21 bits per heavy atom. The monoisotopic (exact) mass is 400 g/mol. The van der Waals surface area contributed by atoms with Crippen molar-refractivity contribution in [3.63, 3.8) is 0 Å². The molecule has 1 aliphatic rings. The Hall–Kier alpha value is -2.51. The molecule has 148 valence electrons. The van der Waals surface area contributed by atoms with Crippen LogP contribution in [0.5, 0.6) is 0 Å². The molecule has 0 aliphatic carbocycles. The van der Waals surface area contributed by atoms with Gasteiger partial charge in [-0.15, -0.1) is 0 Å². The predicted molar refractivity (Wildman–Crippen MR) is 107 cm³/mol. The van der Waals surface area contributed by atoms with E-state index in [2.05, 4.69) is 0 Å². The molecule has 2 aromatic carbocycles. The number of benzene rings is 2. The average molecular weight is 401 g/mol. The second-order valence-electron chi connectivity index (χ2n) is 7.03. The summed E-state index contributed by atoms with van der Waals surface area (Å²) in [5.41, 5.74) is 3.02. The van der Waals surface area contributed by atoms with Crippen LogP contribution in [-0.2, 0) is 10.0 Å². The Kier molecular flexibility index (Phi) is 5.67. The number of sulfonamides is 1. The zero-order valence-corrected chi connectivity index (χ0v) is 17.1. The van der Waals surface area contributed by atoms with Crippen LogP contribution in [0, 0.1) is 13.8 Å². The van der Waals surface area contributed by atoms with Crippen molar-refractivity contribution in [3.8, 4) is 0 Å². The number of hydrogen-bond donors (Lipinski definition) is 0. The molecule has 1 fully saturated rings. The number of ketones is 1. The Morgan fingerprint density at radius 1 is 0.929 bits per heavy atom. The molecule has 3 rings (SSSR count). The summed E-state index contributed by atoms with van der Waals surface area (Å²) in [5, 5.41) is 0. The Bertz CT molecular complexity index is 1020. The topological polar surface area (TPSA) is 74.8 Å². The summed E-state index contributed by atoms with van der Waals surface area (Å²) in [7, 11) is -3.70. The third kappa shape index (κ3) is 3.86. The van der Waals surface area contributed by atoms with Gasteiger partial charge in [0.15, 0.2) is 5.78 Å². The summed E-state index contributed by atoms with van der Waals surface area (Å²) in [6, 6.07) is 11.7. The molecule has 2 aromatic rings. The van der Waals surface area contributed by atoms with Gasteiger partial charge < -0.3 is 4.90 Å². The molecular formula is C21H24N2O4S. The number of carbonyl (C=O) groups is 2. The second-order valence-corrected chi connectivity index (χ2v) is 8.97. The van der Waals surface area contributed by atoms with Crippen molar-refractivity contribution in [2.75, 3.05) is 26.2 Å². The number of Topliss-reactive ketones (excluding diaryl/α,β-unsaturated/α-hetero) is 1. The highest BCUT2D eigenvalue weighted by molar-refractivity contribution is 7.89. The van der Waals surface area contributed by atoms with Gasteiger partial charge in [0.1, 0.15) is 0 Å². The molecule has 1 heterocycles. The molecule has 0 aromatic heterocycles. The summed E-state index contributed by atoms with van der Waals surface area (Å²) >= 11 is 0. The minimum atomic E-state index is -3.70. The van der Waals surface area contributed by atoms with Gasteiger partial charge in [-0.25, -0.2) is 8.42 Å². The van der Waals surface area contributed by atoms with Crippen LogP contribution < -0.4 is 0 Å². The zero-order chi connectivity index (χ0) is 20.5.